The highest BCUT2D eigenvalue weighted by Gasteiger charge is 1.99. The van der Waals surface area contributed by atoms with Crippen LogP contribution in [-0.2, 0) is 4.79 Å². The molecule has 0 heterocycles. The maximum absolute atomic E-state index is 11.1. The van der Waals surface area contributed by atoms with Crippen molar-refractivity contribution >= 4 is 11.6 Å². The van der Waals surface area contributed by atoms with Gasteiger partial charge in [0.25, 0.3) is 0 Å². The van der Waals surface area contributed by atoms with Crippen molar-refractivity contribution < 1.29 is 4.79 Å². The minimum atomic E-state index is -0.0358. The summed E-state index contributed by atoms with van der Waals surface area (Å²) in [4.78, 5) is 11.1. The number of aryl methyl sites for hydroxylation is 1. The third-order valence-corrected chi connectivity index (χ3v) is 1.71. The summed E-state index contributed by atoms with van der Waals surface area (Å²) >= 11 is 0. The molecule has 0 unspecified atom stereocenters. The van der Waals surface area contributed by atoms with Crippen LogP contribution in [0, 0.1) is 6.92 Å². The Bertz CT molecular complexity index is 279. The molecule has 70 valence electrons. The lowest BCUT2D eigenvalue weighted by molar-refractivity contribution is -0.116. The molecular weight excluding hydrogens is 164 g/mol. The standard InChI is InChI=1S/C10H14N2O/c1-8-2-4-9(5-3-8)12-10(13)6-7-11/h2-5H,6-7,11H2,1H3,(H,12,13). The summed E-state index contributed by atoms with van der Waals surface area (Å²) < 4.78 is 0. The molecule has 0 aliphatic carbocycles. The van der Waals surface area contributed by atoms with E-state index in [-0.39, 0.29) is 5.91 Å². The quantitative estimate of drug-likeness (QED) is 0.732. The van der Waals surface area contributed by atoms with Crippen LogP contribution in [0.5, 0.6) is 0 Å². The van der Waals surface area contributed by atoms with Crippen LogP contribution < -0.4 is 11.1 Å². The zero-order valence-corrected chi connectivity index (χ0v) is 7.71. The van der Waals surface area contributed by atoms with Crippen molar-refractivity contribution in [2.75, 3.05) is 11.9 Å². The fourth-order valence-corrected chi connectivity index (χ4v) is 0.991. The van der Waals surface area contributed by atoms with Crippen LogP contribution >= 0.6 is 0 Å². The maximum atomic E-state index is 11.1. The van der Waals surface area contributed by atoms with Gasteiger partial charge in [-0.2, -0.15) is 0 Å². The number of amides is 1. The second kappa shape index (κ2) is 4.62. The Morgan fingerprint density at radius 2 is 2.00 bits per heavy atom. The molecule has 0 aliphatic heterocycles. The van der Waals surface area contributed by atoms with Gasteiger partial charge in [0.2, 0.25) is 5.91 Å². The Morgan fingerprint density at radius 1 is 1.38 bits per heavy atom. The van der Waals surface area contributed by atoms with Gasteiger partial charge in [-0.15, -0.1) is 0 Å². The van der Waals surface area contributed by atoms with Crippen molar-refractivity contribution in [1.29, 1.82) is 0 Å². The molecule has 3 nitrogen and oxygen atoms in total. The van der Waals surface area contributed by atoms with E-state index in [1.165, 1.54) is 5.56 Å². The van der Waals surface area contributed by atoms with Crippen molar-refractivity contribution in [3.05, 3.63) is 29.8 Å². The molecule has 0 radical (unpaired) electrons. The molecule has 3 heteroatoms. The van der Waals surface area contributed by atoms with Crippen molar-refractivity contribution in [2.24, 2.45) is 5.73 Å². The maximum Gasteiger partial charge on any atom is 0.225 e. The lowest BCUT2D eigenvalue weighted by Gasteiger charge is -2.03. The molecule has 1 aromatic rings. The molecule has 1 aromatic carbocycles. The smallest absolute Gasteiger partial charge is 0.225 e. The Balaban J connectivity index is 2.54. The fraction of sp³-hybridized carbons (Fsp3) is 0.300. The average Bonchev–Trinajstić information content (AvgIpc) is 2.09. The second-order valence-corrected chi connectivity index (χ2v) is 2.95. The zero-order chi connectivity index (χ0) is 9.68. The molecule has 1 amide bonds. The number of rotatable bonds is 3. The number of anilines is 1. The summed E-state index contributed by atoms with van der Waals surface area (Å²) in [6, 6.07) is 7.67. The van der Waals surface area contributed by atoms with Crippen LogP contribution in [0.1, 0.15) is 12.0 Å². The van der Waals surface area contributed by atoms with Gasteiger partial charge in [-0.25, -0.2) is 0 Å². The third-order valence-electron chi connectivity index (χ3n) is 1.71. The summed E-state index contributed by atoms with van der Waals surface area (Å²) in [6.45, 7) is 2.39. The SMILES string of the molecule is Cc1ccc(NC(=O)CCN)cc1. The molecule has 0 aliphatic rings. The minimum Gasteiger partial charge on any atom is -0.330 e. The van der Waals surface area contributed by atoms with Crippen LogP contribution in [0.25, 0.3) is 0 Å². The van der Waals surface area contributed by atoms with Crippen LogP contribution in [-0.4, -0.2) is 12.5 Å². The van der Waals surface area contributed by atoms with E-state index in [4.69, 9.17) is 5.73 Å². The number of benzene rings is 1. The molecule has 0 aromatic heterocycles. The van der Waals surface area contributed by atoms with E-state index in [1.807, 2.05) is 31.2 Å². The number of hydrogen-bond donors (Lipinski definition) is 2. The Kier molecular flexibility index (Phi) is 3.46. The van der Waals surface area contributed by atoms with Crippen LogP contribution in [0.2, 0.25) is 0 Å². The van der Waals surface area contributed by atoms with Gasteiger partial charge in [0.05, 0.1) is 0 Å². The Hall–Kier alpha value is -1.35. The zero-order valence-electron chi connectivity index (χ0n) is 7.71. The van der Waals surface area contributed by atoms with Gasteiger partial charge in [0.1, 0.15) is 0 Å². The Morgan fingerprint density at radius 3 is 2.54 bits per heavy atom. The summed E-state index contributed by atoms with van der Waals surface area (Å²) in [7, 11) is 0. The van der Waals surface area contributed by atoms with Crippen LogP contribution in [0.4, 0.5) is 5.69 Å². The number of nitrogens with two attached hydrogens (primary N) is 1. The first-order chi connectivity index (χ1) is 6.22. The topological polar surface area (TPSA) is 55.1 Å². The Labute approximate surface area is 77.9 Å². The first kappa shape index (κ1) is 9.74. The van der Waals surface area contributed by atoms with Gasteiger partial charge in [0.15, 0.2) is 0 Å². The molecule has 0 saturated carbocycles. The number of carbonyl (C=O) groups excluding carboxylic acids is 1. The molecule has 13 heavy (non-hydrogen) atoms. The lowest BCUT2D eigenvalue weighted by atomic mass is 10.2. The monoisotopic (exact) mass is 178 g/mol. The average molecular weight is 178 g/mol. The van der Waals surface area contributed by atoms with E-state index in [0.717, 1.165) is 5.69 Å². The predicted molar refractivity (Wildman–Crippen MR) is 53.5 cm³/mol. The van der Waals surface area contributed by atoms with Gasteiger partial charge in [-0.3, -0.25) is 4.79 Å². The molecular formula is C10H14N2O. The van der Waals surface area contributed by atoms with Gasteiger partial charge in [-0.05, 0) is 19.1 Å². The summed E-state index contributed by atoms with van der Waals surface area (Å²) in [6.07, 6.45) is 0.369. The molecule has 0 atom stereocenters. The van der Waals surface area contributed by atoms with Crippen molar-refractivity contribution in [1.82, 2.24) is 0 Å². The largest absolute Gasteiger partial charge is 0.330 e. The second-order valence-electron chi connectivity index (χ2n) is 2.95. The summed E-state index contributed by atoms with van der Waals surface area (Å²) in [5.41, 5.74) is 7.25. The van der Waals surface area contributed by atoms with Gasteiger partial charge in [0, 0.05) is 18.7 Å². The van der Waals surface area contributed by atoms with Gasteiger partial charge < -0.3 is 11.1 Å². The fourth-order valence-electron chi connectivity index (χ4n) is 0.991. The van der Waals surface area contributed by atoms with Crippen molar-refractivity contribution in [3.63, 3.8) is 0 Å². The molecule has 0 fully saturated rings. The molecule has 0 saturated heterocycles. The molecule has 0 spiro atoms. The van der Waals surface area contributed by atoms with E-state index in [1.54, 1.807) is 0 Å². The molecule has 0 bridgehead atoms. The highest BCUT2D eigenvalue weighted by Crippen LogP contribution is 2.08. The highest BCUT2D eigenvalue weighted by molar-refractivity contribution is 5.90. The van der Waals surface area contributed by atoms with E-state index >= 15 is 0 Å². The summed E-state index contributed by atoms with van der Waals surface area (Å²) in [5, 5.41) is 2.75. The molecule has 3 N–H and O–H groups in total. The van der Waals surface area contributed by atoms with E-state index in [0.29, 0.717) is 13.0 Å². The van der Waals surface area contributed by atoms with Gasteiger partial charge in [-0.1, -0.05) is 17.7 Å². The van der Waals surface area contributed by atoms with E-state index in [9.17, 15) is 4.79 Å². The van der Waals surface area contributed by atoms with Crippen molar-refractivity contribution in [3.8, 4) is 0 Å². The normalized spacial score (nSPS) is 9.69. The van der Waals surface area contributed by atoms with Crippen LogP contribution in [0.15, 0.2) is 24.3 Å². The number of nitrogens with one attached hydrogen (secondary N) is 1. The predicted octanol–water partition coefficient (Wildman–Crippen LogP) is 1.28. The van der Waals surface area contributed by atoms with Crippen LogP contribution in [0.3, 0.4) is 0 Å². The number of carbonyl (C=O) groups is 1. The molecule has 1 rings (SSSR count). The third kappa shape index (κ3) is 3.25. The highest BCUT2D eigenvalue weighted by atomic mass is 16.1. The van der Waals surface area contributed by atoms with E-state index < -0.39 is 0 Å². The first-order valence-corrected chi connectivity index (χ1v) is 4.29. The first-order valence-electron chi connectivity index (χ1n) is 4.29. The minimum absolute atomic E-state index is 0.0358. The van der Waals surface area contributed by atoms with Gasteiger partial charge >= 0.3 is 0 Å². The number of hydrogen-bond acceptors (Lipinski definition) is 2. The van der Waals surface area contributed by atoms with Crippen molar-refractivity contribution in [2.45, 2.75) is 13.3 Å². The lowest BCUT2D eigenvalue weighted by Crippen LogP contribution is -2.15. The van der Waals surface area contributed by atoms with E-state index in [2.05, 4.69) is 5.32 Å². The summed E-state index contributed by atoms with van der Waals surface area (Å²) in [5.74, 6) is -0.0358.